The Bertz CT molecular complexity index is 387. The highest BCUT2D eigenvalue weighted by molar-refractivity contribution is 7.80. The summed E-state index contributed by atoms with van der Waals surface area (Å²) in [5.41, 5.74) is 4.14. The highest BCUT2D eigenvalue weighted by Gasteiger charge is 1.98. The monoisotopic (exact) mass is 235 g/mol. The van der Waals surface area contributed by atoms with E-state index in [1.165, 1.54) is 0 Å². The first-order valence-electron chi connectivity index (χ1n) is 4.71. The highest BCUT2D eigenvalue weighted by atomic mass is 32.1. The topological polar surface area (TPSA) is 62.2 Å². The van der Waals surface area contributed by atoms with Crippen molar-refractivity contribution in [3.05, 3.63) is 36.7 Å². The molecule has 0 aliphatic rings. The van der Waals surface area contributed by atoms with Gasteiger partial charge >= 0.3 is 0 Å². The lowest BCUT2D eigenvalue weighted by Crippen LogP contribution is -2.32. The van der Waals surface area contributed by atoms with Gasteiger partial charge in [0.15, 0.2) is 5.11 Å². The van der Waals surface area contributed by atoms with E-state index in [1.807, 2.05) is 13.0 Å². The van der Waals surface area contributed by atoms with Gasteiger partial charge in [-0.1, -0.05) is 6.08 Å². The second kappa shape index (κ2) is 6.62. The van der Waals surface area contributed by atoms with Gasteiger partial charge in [0, 0.05) is 12.7 Å². The molecule has 0 saturated heterocycles. The molecule has 6 heteroatoms. The normalized spacial score (nSPS) is 10.7. The lowest BCUT2D eigenvalue weighted by Gasteiger charge is -2.04. The molecule has 1 aromatic heterocycles. The highest BCUT2D eigenvalue weighted by Crippen LogP contribution is 1.92. The van der Waals surface area contributed by atoms with Gasteiger partial charge in [-0.25, -0.2) is 0 Å². The molecule has 1 heterocycles. The molecule has 1 rings (SSSR count). The zero-order valence-electron chi connectivity index (χ0n) is 8.97. The summed E-state index contributed by atoms with van der Waals surface area (Å²) in [4.78, 5) is 0. The van der Waals surface area contributed by atoms with Crippen molar-refractivity contribution >= 4 is 23.0 Å². The largest absolute Gasteiger partial charge is 0.358 e. The summed E-state index contributed by atoms with van der Waals surface area (Å²) in [6.45, 7) is 6.00. The summed E-state index contributed by atoms with van der Waals surface area (Å²) in [5.74, 6) is 0. The molecule has 1 aromatic rings. The van der Waals surface area contributed by atoms with Crippen LogP contribution in [0.1, 0.15) is 12.6 Å². The van der Waals surface area contributed by atoms with Crippen LogP contribution in [-0.4, -0.2) is 27.6 Å². The Balaban J connectivity index is 2.51. The van der Waals surface area contributed by atoms with Crippen molar-refractivity contribution in [2.75, 3.05) is 6.54 Å². The van der Waals surface area contributed by atoms with Crippen LogP contribution in [0.3, 0.4) is 0 Å². The van der Waals surface area contributed by atoms with Crippen LogP contribution in [0.2, 0.25) is 0 Å². The van der Waals surface area contributed by atoms with Gasteiger partial charge in [-0.05, 0) is 31.3 Å². The maximum atomic E-state index is 4.97. The Hall–Kier alpha value is -1.82. The molecule has 84 valence electrons. The van der Waals surface area contributed by atoms with Crippen LogP contribution in [0.25, 0.3) is 0 Å². The molecule has 0 bridgehead atoms. The van der Waals surface area contributed by atoms with Crippen molar-refractivity contribution in [3.8, 4) is 0 Å². The zero-order valence-corrected chi connectivity index (χ0v) is 9.79. The van der Waals surface area contributed by atoms with Crippen LogP contribution < -0.4 is 10.7 Å². The fraction of sp³-hybridized carbons (Fsp3) is 0.200. The van der Waals surface area contributed by atoms with E-state index in [1.54, 1.807) is 18.3 Å². The molecule has 0 radical (unpaired) electrons. The Kier molecular flexibility index (Phi) is 5.07. The van der Waals surface area contributed by atoms with Crippen molar-refractivity contribution in [2.45, 2.75) is 6.92 Å². The predicted octanol–water partition coefficient (Wildman–Crippen LogP) is 0.851. The van der Waals surface area contributed by atoms with E-state index in [4.69, 9.17) is 12.2 Å². The summed E-state index contributed by atoms with van der Waals surface area (Å²) in [6, 6.07) is 3.63. The molecule has 0 amide bonds. The van der Waals surface area contributed by atoms with Crippen molar-refractivity contribution in [2.24, 2.45) is 5.10 Å². The summed E-state index contributed by atoms with van der Waals surface area (Å²) < 4.78 is 0. The second-order valence-corrected chi connectivity index (χ2v) is 3.32. The molecule has 0 fully saturated rings. The van der Waals surface area contributed by atoms with Crippen LogP contribution in [0, 0.1) is 0 Å². The average molecular weight is 235 g/mol. The number of nitrogens with one attached hydrogen (secondary N) is 2. The van der Waals surface area contributed by atoms with Gasteiger partial charge in [0.05, 0.1) is 5.71 Å². The Morgan fingerprint density at radius 3 is 3.12 bits per heavy atom. The minimum atomic E-state index is 0.447. The minimum absolute atomic E-state index is 0.447. The van der Waals surface area contributed by atoms with Crippen molar-refractivity contribution in [1.82, 2.24) is 20.9 Å². The third kappa shape index (κ3) is 4.14. The fourth-order valence-corrected chi connectivity index (χ4v) is 1.02. The molecule has 2 N–H and O–H groups in total. The molecule has 0 aliphatic heterocycles. The Morgan fingerprint density at radius 2 is 2.50 bits per heavy atom. The number of rotatable bonds is 4. The van der Waals surface area contributed by atoms with Gasteiger partial charge in [-0.15, -0.1) is 11.7 Å². The van der Waals surface area contributed by atoms with Gasteiger partial charge in [-0.2, -0.15) is 10.2 Å². The first-order chi connectivity index (χ1) is 7.74. The van der Waals surface area contributed by atoms with E-state index in [-0.39, 0.29) is 0 Å². The van der Waals surface area contributed by atoms with Crippen LogP contribution >= 0.6 is 12.2 Å². The van der Waals surface area contributed by atoms with Crippen molar-refractivity contribution in [3.63, 3.8) is 0 Å². The molecule has 0 unspecified atom stereocenters. The van der Waals surface area contributed by atoms with Crippen molar-refractivity contribution < 1.29 is 0 Å². The molecular formula is C10H13N5S. The summed E-state index contributed by atoms with van der Waals surface area (Å²) in [5, 5.41) is 15.1. The Labute approximate surface area is 99.7 Å². The minimum Gasteiger partial charge on any atom is -0.358 e. The quantitative estimate of drug-likeness (QED) is 0.351. The standard InChI is InChI=1S/C10H13N5S/c1-3-6-11-10(16)15-13-8(2)9-5-4-7-12-14-9/h3-5,7H,1,6H2,2H3,(H2,11,15,16)/b13-8+. The number of nitrogens with zero attached hydrogens (tertiary/aromatic N) is 3. The van der Waals surface area contributed by atoms with E-state index in [0.717, 1.165) is 5.71 Å². The van der Waals surface area contributed by atoms with Gasteiger partial charge in [-0.3, -0.25) is 5.43 Å². The van der Waals surface area contributed by atoms with Gasteiger partial charge in [0.2, 0.25) is 0 Å². The maximum absolute atomic E-state index is 4.97. The fourth-order valence-electron chi connectivity index (χ4n) is 0.891. The SMILES string of the molecule is C=CCNC(=S)N/N=C(\C)c1cccnn1. The number of thiocarbonyl (C=S) groups is 1. The zero-order chi connectivity index (χ0) is 11.8. The Morgan fingerprint density at radius 1 is 1.69 bits per heavy atom. The smallest absolute Gasteiger partial charge is 0.187 e. The molecular weight excluding hydrogens is 222 g/mol. The third-order valence-corrected chi connectivity index (χ3v) is 1.91. The molecule has 16 heavy (non-hydrogen) atoms. The molecule has 0 aromatic carbocycles. The third-order valence-electron chi connectivity index (χ3n) is 1.68. The molecule has 0 saturated carbocycles. The van der Waals surface area contributed by atoms with Gasteiger partial charge < -0.3 is 5.32 Å². The van der Waals surface area contributed by atoms with Crippen LogP contribution in [0.4, 0.5) is 0 Å². The lowest BCUT2D eigenvalue weighted by atomic mass is 10.3. The van der Waals surface area contributed by atoms with E-state index >= 15 is 0 Å². The first kappa shape index (κ1) is 12.3. The van der Waals surface area contributed by atoms with Crippen LogP contribution in [0.15, 0.2) is 36.1 Å². The maximum Gasteiger partial charge on any atom is 0.187 e. The number of aromatic nitrogens is 2. The first-order valence-corrected chi connectivity index (χ1v) is 5.12. The molecule has 0 spiro atoms. The number of hydrazone groups is 1. The summed E-state index contributed by atoms with van der Waals surface area (Å²) >= 11 is 4.97. The summed E-state index contributed by atoms with van der Waals surface area (Å²) in [7, 11) is 0. The predicted molar refractivity (Wildman–Crippen MR) is 68.2 cm³/mol. The second-order valence-electron chi connectivity index (χ2n) is 2.92. The average Bonchev–Trinajstić information content (AvgIpc) is 2.34. The molecule has 5 nitrogen and oxygen atoms in total. The van der Waals surface area contributed by atoms with Crippen LogP contribution in [0.5, 0.6) is 0 Å². The van der Waals surface area contributed by atoms with Crippen molar-refractivity contribution in [1.29, 1.82) is 0 Å². The number of hydrogen-bond donors (Lipinski definition) is 2. The lowest BCUT2D eigenvalue weighted by molar-refractivity contribution is 0.930. The van der Waals surface area contributed by atoms with E-state index in [0.29, 0.717) is 17.4 Å². The van der Waals surface area contributed by atoms with Gasteiger partial charge in [0.1, 0.15) is 5.69 Å². The summed E-state index contributed by atoms with van der Waals surface area (Å²) in [6.07, 6.45) is 3.33. The van der Waals surface area contributed by atoms with E-state index in [2.05, 4.69) is 32.6 Å². The van der Waals surface area contributed by atoms with Gasteiger partial charge in [0.25, 0.3) is 0 Å². The molecule has 0 atom stereocenters. The van der Waals surface area contributed by atoms with E-state index < -0.39 is 0 Å². The van der Waals surface area contributed by atoms with Crippen LogP contribution in [-0.2, 0) is 0 Å². The number of hydrogen-bond acceptors (Lipinski definition) is 4. The van der Waals surface area contributed by atoms with E-state index in [9.17, 15) is 0 Å². The molecule has 0 aliphatic carbocycles.